The molecule has 86 valence electrons. The Labute approximate surface area is 100 Å². The first kappa shape index (κ1) is 11.5. The number of nitrogens with two attached hydrogens (primary N) is 1. The maximum atomic E-state index is 6.24. The van der Waals surface area contributed by atoms with Crippen LogP contribution in [0.5, 0.6) is 0 Å². The lowest BCUT2D eigenvalue weighted by Gasteiger charge is -2.04. The number of furan rings is 1. The third-order valence-electron chi connectivity index (χ3n) is 3.02. The molecule has 1 heterocycles. The van der Waals surface area contributed by atoms with Crippen LogP contribution in [0.1, 0.15) is 35.4 Å². The van der Waals surface area contributed by atoms with Gasteiger partial charge in [-0.05, 0) is 44.9 Å². The van der Waals surface area contributed by atoms with E-state index in [2.05, 4.69) is 0 Å². The van der Waals surface area contributed by atoms with Crippen molar-refractivity contribution in [2.45, 2.75) is 33.7 Å². The van der Waals surface area contributed by atoms with E-state index in [1.54, 1.807) is 0 Å². The molecule has 2 N–H and O–H groups in total. The second-order valence-corrected chi connectivity index (χ2v) is 4.76. The minimum Gasteiger partial charge on any atom is -0.459 e. The molecular formula is C13H16ClNO. The van der Waals surface area contributed by atoms with Gasteiger partial charge in [0.15, 0.2) is 0 Å². The first-order chi connectivity index (χ1) is 7.43. The third kappa shape index (κ3) is 1.53. The van der Waals surface area contributed by atoms with E-state index in [4.69, 9.17) is 21.8 Å². The Bertz CT molecular complexity index is 555. The summed E-state index contributed by atoms with van der Waals surface area (Å²) >= 11 is 6.24. The molecule has 0 fully saturated rings. The van der Waals surface area contributed by atoms with Crippen LogP contribution < -0.4 is 5.73 Å². The summed E-state index contributed by atoms with van der Waals surface area (Å²) in [6.07, 6.45) is 0. The SMILES string of the molecule is Cc1cc2oc(C(C)N)c(C)c2c(C)c1Cl. The highest BCUT2D eigenvalue weighted by Gasteiger charge is 2.17. The summed E-state index contributed by atoms with van der Waals surface area (Å²) in [7, 11) is 0. The highest BCUT2D eigenvalue weighted by atomic mass is 35.5. The molecule has 1 unspecified atom stereocenters. The molecule has 16 heavy (non-hydrogen) atoms. The van der Waals surface area contributed by atoms with Gasteiger partial charge >= 0.3 is 0 Å². The second-order valence-electron chi connectivity index (χ2n) is 4.39. The predicted octanol–water partition coefficient (Wildman–Crippen LogP) is 4.03. The van der Waals surface area contributed by atoms with Crippen molar-refractivity contribution in [3.8, 4) is 0 Å². The van der Waals surface area contributed by atoms with Crippen LogP contribution in [0.2, 0.25) is 5.02 Å². The topological polar surface area (TPSA) is 39.2 Å². The van der Waals surface area contributed by atoms with Crippen molar-refractivity contribution >= 4 is 22.6 Å². The zero-order valence-electron chi connectivity index (χ0n) is 10.0. The summed E-state index contributed by atoms with van der Waals surface area (Å²) < 4.78 is 5.79. The molecule has 0 aliphatic heterocycles. The zero-order valence-corrected chi connectivity index (χ0v) is 10.8. The highest BCUT2D eigenvalue weighted by molar-refractivity contribution is 6.33. The number of halogens is 1. The Hall–Kier alpha value is -0.990. The maximum absolute atomic E-state index is 6.24. The van der Waals surface area contributed by atoms with Gasteiger partial charge < -0.3 is 10.2 Å². The molecule has 3 heteroatoms. The summed E-state index contributed by atoms with van der Waals surface area (Å²) in [4.78, 5) is 0. The largest absolute Gasteiger partial charge is 0.459 e. The van der Waals surface area contributed by atoms with E-state index in [9.17, 15) is 0 Å². The van der Waals surface area contributed by atoms with Crippen LogP contribution in [0.3, 0.4) is 0 Å². The number of benzene rings is 1. The van der Waals surface area contributed by atoms with Gasteiger partial charge in [0.25, 0.3) is 0 Å². The maximum Gasteiger partial charge on any atom is 0.135 e. The Morgan fingerprint density at radius 1 is 1.25 bits per heavy atom. The predicted molar refractivity (Wildman–Crippen MR) is 68.0 cm³/mol. The van der Waals surface area contributed by atoms with E-state index in [1.165, 1.54) is 0 Å². The second kappa shape index (κ2) is 3.79. The Balaban J connectivity index is 2.88. The lowest BCUT2D eigenvalue weighted by molar-refractivity contribution is 0.509. The molecule has 0 radical (unpaired) electrons. The highest BCUT2D eigenvalue weighted by Crippen LogP contribution is 2.35. The van der Waals surface area contributed by atoms with Crippen LogP contribution in [0.4, 0.5) is 0 Å². The van der Waals surface area contributed by atoms with Crippen molar-refractivity contribution in [1.82, 2.24) is 0 Å². The molecule has 0 aliphatic rings. The molecule has 0 amide bonds. The fraction of sp³-hybridized carbons (Fsp3) is 0.385. The van der Waals surface area contributed by atoms with Crippen molar-refractivity contribution in [2.24, 2.45) is 5.73 Å². The normalized spacial score (nSPS) is 13.4. The molecule has 1 atom stereocenters. The molecule has 2 nitrogen and oxygen atoms in total. The summed E-state index contributed by atoms with van der Waals surface area (Å²) in [5.74, 6) is 0.847. The molecule has 1 aromatic carbocycles. The minimum absolute atomic E-state index is 0.0918. The van der Waals surface area contributed by atoms with E-state index in [0.717, 1.165) is 38.4 Å². The lowest BCUT2D eigenvalue weighted by atomic mass is 10.0. The monoisotopic (exact) mass is 237 g/mol. The molecule has 1 aromatic heterocycles. The first-order valence-corrected chi connectivity index (χ1v) is 5.75. The molecule has 2 aromatic rings. The van der Waals surface area contributed by atoms with Gasteiger partial charge in [-0.1, -0.05) is 11.6 Å². The van der Waals surface area contributed by atoms with Crippen LogP contribution in [0.15, 0.2) is 10.5 Å². The first-order valence-electron chi connectivity index (χ1n) is 5.37. The molecular weight excluding hydrogens is 222 g/mol. The van der Waals surface area contributed by atoms with Gasteiger partial charge in [0.1, 0.15) is 11.3 Å². The van der Waals surface area contributed by atoms with Crippen LogP contribution in [0.25, 0.3) is 11.0 Å². The van der Waals surface area contributed by atoms with Crippen molar-refractivity contribution < 1.29 is 4.42 Å². The molecule has 0 saturated heterocycles. The summed E-state index contributed by atoms with van der Waals surface area (Å²) in [5.41, 5.74) is 9.97. The van der Waals surface area contributed by atoms with Gasteiger partial charge in [0, 0.05) is 16.0 Å². The Morgan fingerprint density at radius 3 is 2.44 bits per heavy atom. The summed E-state index contributed by atoms with van der Waals surface area (Å²) in [6.45, 7) is 7.96. The average molecular weight is 238 g/mol. The van der Waals surface area contributed by atoms with Crippen molar-refractivity contribution in [2.75, 3.05) is 0 Å². The van der Waals surface area contributed by atoms with Crippen LogP contribution in [0, 0.1) is 20.8 Å². The number of fused-ring (bicyclic) bond motifs is 1. The smallest absolute Gasteiger partial charge is 0.135 e. The van der Waals surface area contributed by atoms with E-state index in [1.807, 2.05) is 33.8 Å². The number of rotatable bonds is 1. The summed E-state index contributed by atoms with van der Waals surface area (Å²) in [5, 5.41) is 1.91. The van der Waals surface area contributed by atoms with Gasteiger partial charge in [-0.25, -0.2) is 0 Å². The molecule has 0 spiro atoms. The standard InChI is InChI=1S/C13H16ClNO/c1-6-5-10-11(7(2)12(6)14)8(3)13(16-10)9(4)15/h5,9H,15H2,1-4H3. The van der Waals surface area contributed by atoms with E-state index in [-0.39, 0.29) is 6.04 Å². The van der Waals surface area contributed by atoms with Gasteiger partial charge in [-0.15, -0.1) is 0 Å². The summed E-state index contributed by atoms with van der Waals surface area (Å²) in [6, 6.07) is 1.88. The van der Waals surface area contributed by atoms with Crippen LogP contribution in [-0.4, -0.2) is 0 Å². The van der Waals surface area contributed by atoms with Gasteiger partial charge in [0.2, 0.25) is 0 Å². The molecule has 0 saturated carbocycles. The van der Waals surface area contributed by atoms with Crippen molar-refractivity contribution in [3.63, 3.8) is 0 Å². The molecule has 0 bridgehead atoms. The van der Waals surface area contributed by atoms with E-state index in [0.29, 0.717) is 0 Å². The van der Waals surface area contributed by atoms with Crippen LogP contribution in [-0.2, 0) is 0 Å². The Morgan fingerprint density at radius 2 is 1.88 bits per heavy atom. The van der Waals surface area contributed by atoms with Crippen LogP contribution >= 0.6 is 11.6 Å². The fourth-order valence-corrected chi connectivity index (χ4v) is 2.37. The minimum atomic E-state index is -0.0918. The quantitative estimate of drug-likeness (QED) is 0.813. The number of hydrogen-bond acceptors (Lipinski definition) is 2. The lowest BCUT2D eigenvalue weighted by Crippen LogP contribution is -2.04. The molecule has 0 aliphatic carbocycles. The number of hydrogen-bond donors (Lipinski definition) is 1. The third-order valence-corrected chi connectivity index (χ3v) is 3.60. The zero-order chi connectivity index (χ0) is 12.0. The molecule has 2 rings (SSSR count). The fourth-order valence-electron chi connectivity index (χ4n) is 2.22. The van der Waals surface area contributed by atoms with Gasteiger partial charge in [-0.3, -0.25) is 0 Å². The van der Waals surface area contributed by atoms with Crippen molar-refractivity contribution in [3.05, 3.63) is 33.5 Å². The van der Waals surface area contributed by atoms with E-state index < -0.39 is 0 Å². The van der Waals surface area contributed by atoms with E-state index >= 15 is 0 Å². The van der Waals surface area contributed by atoms with Crippen molar-refractivity contribution in [1.29, 1.82) is 0 Å². The Kier molecular flexibility index (Phi) is 2.72. The number of aryl methyl sites for hydroxylation is 3. The van der Waals surface area contributed by atoms with Gasteiger partial charge in [0.05, 0.1) is 6.04 Å². The van der Waals surface area contributed by atoms with Gasteiger partial charge in [-0.2, -0.15) is 0 Å². The average Bonchev–Trinajstić information content (AvgIpc) is 2.52.